The summed E-state index contributed by atoms with van der Waals surface area (Å²) in [4.78, 5) is 13.8. The van der Waals surface area contributed by atoms with Gasteiger partial charge in [-0.15, -0.1) is 11.3 Å². The maximum atomic E-state index is 13.0. The van der Waals surface area contributed by atoms with E-state index in [1.807, 2.05) is 11.4 Å². The highest BCUT2D eigenvalue weighted by Crippen LogP contribution is 2.26. The van der Waals surface area contributed by atoms with E-state index < -0.39 is 10.0 Å². The van der Waals surface area contributed by atoms with Crippen LogP contribution in [0.5, 0.6) is 0 Å². The molecule has 2 aromatic rings. The van der Waals surface area contributed by atoms with Crippen LogP contribution in [0.1, 0.15) is 42.5 Å². The molecule has 1 aliphatic heterocycles. The molecule has 7 heteroatoms. The lowest BCUT2D eigenvalue weighted by Crippen LogP contribution is -2.36. The van der Waals surface area contributed by atoms with Crippen LogP contribution in [0.25, 0.3) is 0 Å². The van der Waals surface area contributed by atoms with Crippen LogP contribution in [0.3, 0.4) is 0 Å². The fraction of sp³-hybridized carbons (Fsp3) is 0.450. The van der Waals surface area contributed by atoms with E-state index in [9.17, 15) is 13.2 Å². The van der Waals surface area contributed by atoms with Gasteiger partial charge in [-0.1, -0.05) is 18.6 Å². The Bertz CT molecular complexity index is 871. The Kier molecular flexibility index (Phi) is 6.68. The monoisotopic (exact) mass is 406 g/mol. The van der Waals surface area contributed by atoms with Crippen LogP contribution in [0.4, 0.5) is 5.69 Å². The molecular weight excluding hydrogens is 380 g/mol. The third-order valence-corrected chi connectivity index (χ3v) is 7.79. The minimum absolute atomic E-state index is 0.0864. The molecule has 1 aromatic carbocycles. The quantitative estimate of drug-likeness (QED) is 0.750. The summed E-state index contributed by atoms with van der Waals surface area (Å²) in [5.41, 5.74) is 1.24. The Morgan fingerprint density at radius 2 is 1.96 bits per heavy atom. The van der Waals surface area contributed by atoms with Crippen molar-refractivity contribution in [3.8, 4) is 0 Å². The number of nitrogens with zero attached hydrogens (tertiary/aromatic N) is 1. The summed E-state index contributed by atoms with van der Waals surface area (Å²) >= 11 is 1.70. The molecule has 0 bridgehead atoms. The zero-order chi connectivity index (χ0) is 19.3. The normalized spacial score (nSPS) is 15.6. The van der Waals surface area contributed by atoms with Crippen LogP contribution < -0.4 is 5.32 Å². The number of benzene rings is 1. The molecule has 2 heterocycles. The molecule has 1 aromatic heterocycles. The lowest BCUT2D eigenvalue weighted by atomic mass is 10.2. The second kappa shape index (κ2) is 8.99. The van der Waals surface area contributed by atoms with Gasteiger partial charge in [-0.2, -0.15) is 4.31 Å². The minimum atomic E-state index is -3.51. The van der Waals surface area contributed by atoms with Crippen LogP contribution >= 0.6 is 11.3 Å². The third kappa shape index (κ3) is 5.18. The number of piperidine rings is 1. The molecule has 0 saturated carbocycles. The van der Waals surface area contributed by atoms with E-state index in [1.165, 1.54) is 4.88 Å². The molecule has 27 heavy (non-hydrogen) atoms. The maximum absolute atomic E-state index is 13.0. The van der Waals surface area contributed by atoms with Crippen molar-refractivity contribution >= 4 is 33.0 Å². The van der Waals surface area contributed by atoms with Gasteiger partial charge in [0.05, 0.1) is 4.90 Å². The van der Waals surface area contributed by atoms with Crippen LogP contribution in [0.15, 0.2) is 40.6 Å². The molecule has 0 aliphatic carbocycles. The number of aryl methyl sites for hydroxylation is 2. The molecule has 0 atom stereocenters. The Hall–Kier alpha value is -1.70. The number of sulfonamides is 1. The van der Waals surface area contributed by atoms with Gasteiger partial charge in [0.2, 0.25) is 15.9 Å². The summed E-state index contributed by atoms with van der Waals surface area (Å²) in [5.74, 6) is -0.0864. The molecule has 0 radical (unpaired) electrons. The molecule has 1 N–H and O–H groups in total. The van der Waals surface area contributed by atoms with Gasteiger partial charge in [-0.3, -0.25) is 4.79 Å². The van der Waals surface area contributed by atoms with Gasteiger partial charge in [0.15, 0.2) is 0 Å². The van der Waals surface area contributed by atoms with E-state index in [4.69, 9.17) is 0 Å². The van der Waals surface area contributed by atoms with E-state index in [-0.39, 0.29) is 5.91 Å². The Morgan fingerprint density at radius 1 is 1.19 bits per heavy atom. The maximum Gasteiger partial charge on any atom is 0.243 e. The summed E-state index contributed by atoms with van der Waals surface area (Å²) in [6.07, 6.45) is 4.95. The van der Waals surface area contributed by atoms with Gasteiger partial charge in [0, 0.05) is 30.1 Å². The third-order valence-electron chi connectivity index (χ3n) is 4.81. The number of amides is 1. The summed E-state index contributed by atoms with van der Waals surface area (Å²) < 4.78 is 27.5. The highest BCUT2D eigenvalue weighted by Gasteiger charge is 2.27. The lowest BCUT2D eigenvalue weighted by Gasteiger charge is -2.26. The average Bonchev–Trinajstić information content (AvgIpc) is 3.17. The smallest absolute Gasteiger partial charge is 0.243 e. The highest BCUT2D eigenvalue weighted by molar-refractivity contribution is 7.89. The summed E-state index contributed by atoms with van der Waals surface area (Å²) in [6, 6.07) is 9.20. The number of anilines is 1. The van der Waals surface area contributed by atoms with E-state index in [0.717, 1.165) is 32.1 Å². The molecule has 0 unspecified atom stereocenters. The number of thiophene rings is 1. The van der Waals surface area contributed by atoms with Crippen molar-refractivity contribution in [3.63, 3.8) is 0 Å². The van der Waals surface area contributed by atoms with Gasteiger partial charge in [-0.25, -0.2) is 8.42 Å². The van der Waals surface area contributed by atoms with Crippen LogP contribution in [-0.2, 0) is 21.2 Å². The number of nitrogens with one attached hydrogen (secondary N) is 1. The van der Waals surface area contributed by atoms with E-state index in [1.54, 1.807) is 40.8 Å². The van der Waals surface area contributed by atoms with Crippen molar-refractivity contribution in [2.75, 3.05) is 18.4 Å². The minimum Gasteiger partial charge on any atom is -0.326 e. The fourth-order valence-electron chi connectivity index (χ4n) is 3.30. The van der Waals surface area contributed by atoms with E-state index >= 15 is 0 Å². The largest absolute Gasteiger partial charge is 0.326 e. The van der Waals surface area contributed by atoms with Crippen LogP contribution in [-0.4, -0.2) is 31.7 Å². The molecule has 1 amide bonds. The predicted octanol–water partition coefficient (Wildman–Crippen LogP) is 4.19. The molecule has 1 aliphatic rings. The zero-order valence-electron chi connectivity index (χ0n) is 15.6. The first-order valence-corrected chi connectivity index (χ1v) is 11.7. The standard InChI is InChI=1S/C20H26N2O3S2/c1-16-10-11-17(21-20(23)9-5-7-18-8-6-14-26-18)15-19(16)27(24,25)22-12-3-2-4-13-22/h6,8,10-11,14-15H,2-5,7,9,12-13H2,1H3,(H,21,23). The van der Waals surface area contributed by atoms with E-state index in [2.05, 4.69) is 11.4 Å². The van der Waals surface area contributed by atoms with Crippen molar-refractivity contribution in [1.82, 2.24) is 4.31 Å². The predicted molar refractivity (Wildman–Crippen MR) is 110 cm³/mol. The SMILES string of the molecule is Cc1ccc(NC(=O)CCCc2cccs2)cc1S(=O)(=O)N1CCCCC1. The first-order valence-electron chi connectivity index (χ1n) is 9.40. The molecule has 0 spiro atoms. The Balaban J connectivity index is 1.64. The summed E-state index contributed by atoms with van der Waals surface area (Å²) in [5, 5.41) is 4.88. The highest BCUT2D eigenvalue weighted by atomic mass is 32.2. The number of carbonyl (C=O) groups excluding carboxylic acids is 1. The summed E-state index contributed by atoms with van der Waals surface area (Å²) in [6.45, 7) is 2.94. The second-order valence-corrected chi connectivity index (χ2v) is 9.86. The second-order valence-electron chi connectivity index (χ2n) is 6.93. The van der Waals surface area contributed by atoms with E-state index in [0.29, 0.717) is 35.7 Å². The molecule has 1 fully saturated rings. The van der Waals surface area contributed by atoms with Gasteiger partial charge in [-0.05, 0) is 61.7 Å². The molecule has 5 nitrogen and oxygen atoms in total. The fourth-order valence-corrected chi connectivity index (χ4v) is 5.82. The molecular formula is C20H26N2O3S2. The topological polar surface area (TPSA) is 66.5 Å². The van der Waals surface area contributed by atoms with Gasteiger partial charge in [0.1, 0.15) is 0 Å². The molecule has 1 saturated heterocycles. The molecule has 3 rings (SSSR count). The van der Waals surface area contributed by atoms with Crippen molar-refractivity contribution in [1.29, 1.82) is 0 Å². The first-order chi connectivity index (χ1) is 13.0. The van der Waals surface area contributed by atoms with Crippen molar-refractivity contribution in [2.24, 2.45) is 0 Å². The van der Waals surface area contributed by atoms with Crippen LogP contribution in [0, 0.1) is 6.92 Å². The number of carbonyl (C=O) groups is 1. The van der Waals surface area contributed by atoms with Crippen molar-refractivity contribution < 1.29 is 13.2 Å². The van der Waals surface area contributed by atoms with Crippen LogP contribution in [0.2, 0.25) is 0 Å². The number of hydrogen-bond donors (Lipinski definition) is 1. The Morgan fingerprint density at radius 3 is 2.67 bits per heavy atom. The van der Waals surface area contributed by atoms with Gasteiger partial charge in [0.25, 0.3) is 0 Å². The van der Waals surface area contributed by atoms with Gasteiger partial charge < -0.3 is 5.32 Å². The Labute approximate surface area is 165 Å². The zero-order valence-corrected chi connectivity index (χ0v) is 17.2. The summed E-state index contributed by atoms with van der Waals surface area (Å²) in [7, 11) is -3.51. The van der Waals surface area contributed by atoms with Crippen molar-refractivity contribution in [2.45, 2.75) is 50.3 Å². The first kappa shape index (κ1) is 20.0. The number of hydrogen-bond acceptors (Lipinski definition) is 4. The lowest BCUT2D eigenvalue weighted by molar-refractivity contribution is -0.116. The van der Waals surface area contributed by atoms with Crippen molar-refractivity contribution in [3.05, 3.63) is 46.2 Å². The molecule has 146 valence electrons. The average molecular weight is 407 g/mol. The number of rotatable bonds is 7. The van der Waals surface area contributed by atoms with Gasteiger partial charge >= 0.3 is 0 Å².